The van der Waals surface area contributed by atoms with Crippen molar-refractivity contribution >= 4 is 5.91 Å². The van der Waals surface area contributed by atoms with Crippen LogP contribution in [0.15, 0.2) is 0 Å². The summed E-state index contributed by atoms with van der Waals surface area (Å²) >= 11 is 0. The first kappa shape index (κ1) is 14.0. The van der Waals surface area contributed by atoms with Crippen molar-refractivity contribution in [3.05, 3.63) is 0 Å². The Balaban J connectivity index is 2.99. The van der Waals surface area contributed by atoms with Gasteiger partial charge in [0.1, 0.15) is 0 Å². The number of nitrogens with zero attached hydrogens (tertiary/aromatic N) is 2. The molecule has 17 heavy (non-hydrogen) atoms. The van der Waals surface area contributed by atoms with E-state index < -0.39 is 0 Å². The van der Waals surface area contributed by atoms with Crippen molar-refractivity contribution in [1.29, 1.82) is 5.26 Å². The average Bonchev–Trinajstić information content (AvgIpc) is 2.36. The second kappa shape index (κ2) is 5.50. The molecule has 1 aliphatic heterocycles. The monoisotopic (exact) mass is 237 g/mol. The van der Waals surface area contributed by atoms with Gasteiger partial charge < -0.3 is 10.2 Å². The van der Waals surface area contributed by atoms with E-state index in [2.05, 4.69) is 39.1 Å². The Hall–Kier alpha value is -1.08. The smallest absolute Gasteiger partial charge is 0.241 e. The molecule has 1 amide bonds. The van der Waals surface area contributed by atoms with E-state index in [1.807, 2.05) is 4.90 Å². The van der Waals surface area contributed by atoms with Crippen molar-refractivity contribution in [2.45, 2.75) is 64.6 Å². The fraction of sp³-hybridized carbons (Fsp3) is 0.846. The number of nitrogens with one attached hydrogen (secondary N) is 1. The minimum absolute atomic E-state index is 0.0726. The maximum absolute atomic E-state index is 12.5. The largest absolute Gasteiger partial charge is 0.333 e. The van der Waals surface area contributed by atoms with Gasteiger partial charge in [0.25, 0.3) is 0 Å². The zero-order valence-corrected chi connectivity index (χ0v) is 11.3. The molecule has 0 aromatic rings. The van der Waals surface area contributed by atoms with Crippen LogP contribution >= 0.6 is 0 Å². The number of amides is 1. The quantitative estimate of drug-likeness (QED) is 0.812. The summed E-state index contributed by atoms with van der Waals surface area (Å²) in [7, 11) is 0. The molecule has 1 aliphatic rings. The molecule has 4 nitrogen and oxygen atoms in total. The molecule has 0 aromatic heterocycles. The second-order valence-electron chi connectivity index (χ2n) is 5.40. The zero-order valence-electron chi connectivity index (χ0n) is 11.3. The molecule has 0 saturated carbocycles. The lowest BCUT2D eigenvalue weighted by atomic mass is 9.95. The summed E-state index contributed by atoms with van der Waals surface area (Å²) in [5, 5.41) is 12.0. The molecule has 0 bridgehead atoms. The maximum Gasteiger partial charge on any atom is 0.241 e. The van der Waals surface area contributed by atoms with Crippen molar-refractivity contribution < 1.29 is 4.79 Å². The van der Waals surface area contributed by atoms with Crippen LogP contribution in [0, 0.1) is 11.3 Å². The van der Waals surface area contributed by atoms with E-state index in [1.54, 1.807) is 0 Å². The lowest BCUT2D eigenvalue weighted by Crippen LogP contribution is -2.54. The van der Waals surface area contributed by atoms with Crippen LogP contribution in [-0.2, 0) is 4.79 Å². The Kier molecular flexibility index (Phi) is 4.53. The Morgan fingerprint density at radius 3 is 2.82 bits per heavy atom. The van der Waals surface area contributed by atoms with Crippen LogP contribution in [-0.4, -0.2) is 35.0 Å². The molecule has 1 rings (SSSR count). The minimum Gasteiger partial charge on any atom is -0.333 e. The Bertz CT molecular complexity index is 319. The highest BCUT2D eigenvalue weighted by Crippen LogP contribution is 2.26. The third-order valence-corrected chi connectivity index (χ3v) is 3.64. The second-order valence-corrected chi connectivity index (χ2v) is 5.40. The lowest BCUT2D eigenvalue weighted by molar-refractivity contribution is -0.140. The fourth-order valence-electron chi connectivity index (χ4n) is 2.47. The molecule has 2 atom stereocenters. The van der Waals surface area contributed by atoms with Gasteiger partial charge in [-0.3, -0.25) is 4.79 Å². The summed E-state index contributed by atoms with van der Waals surface area (Å²) in [5.74, 6) is 0.0726. The number of rotatable bonds is 3. The maximum atomic E-state index is 12.5. The summed E-state index contributed by atoms with van der Waals surface area (Å²) in [6.07, 6.45) is 2.11. The Morgan fingerprint density at radius 1 is 1.65 bits per heavy atom. The van der Waals surface area contributed by atoms with Crippen LogP contribution in [0.2, 0.25) is 0 Å². The van der Waals surface area contributed by atoms with E-state index in [4.69, 9.17) is 5.26 Å². The van der Waals surface area contributed by atoms with Gasteiger partial charge >= 0.3 is 0 Å². The van der Waals surface area contributed by atoms with E-state index >= 15 is 0 Å². The van der Waals surface area contributed by atoms with Gasteiger partial charge in [0, 0.05) is 11.6 Å². The number of hydrogen-bond acceptors (Lipinski definition) is 3. The molecule has 0 spiro atoms. The van der Waals surface area contributed by atoms with E-state index in [1.165, 1.54) is 0 Å². The number of nitriles is 1. The van der Waals surface area contributed by atoms with Gasteiger partial charge in [-0.2, -0.15) is 5.26 Å². The summed E-state index contributed by atoms with van der Waals surface area (Å²) in [6, 6.07) is 1.97. The summed E-state index contributed by atoms with van der Waals surface area (Å²) in [5.41, 5.74) is -0.135. The predicted molar refractivity (Wildman–Crippen MR) is 67.3 cm³/mol. The van der Waals surface area contributed by atoms with E-state index in [0.717, 1.165) is 19.4 Å². The van der Waals surface area contributed by atoms with Crippen molar-refractivity contribution in [2.75, 3.05) is 6.54 Å². The summed E-state index contributed by atoms with van der Waals surface area (Å²) < 4.78 is 0. The first-order valence-corrected chi connectivity index (χ1v) is 6.37. The van der Waals surface area contributed by atoms with E-state index in [0.29, 0.717) is 0 Å². The van der Waals surface area contributed by atoms with Crippen molar-refractivity contribution in [3.8, 4) is 6.07 Å². The molecule has 2 unspecified atom stereocenters. The number of carbonyl (C=O) groups is 1. The van der Waals surface area contributed by atoms with E-state index in [-0.39, 0.29) is 30.0 Å². The molecule has 0 aliphatic carbocycles. The normalized spacial score (nSPS) is 26.2. The summed E-state index contributed by atoms with van der Waals surface area (Å²) in [6.45, 7) is 9.17. The van der Waals surface area contributed by atoms with Gasteiger partial charge in [-0.05, 0) is 40.2 Å². The number of carbonyl (C=O) groups excluding carboxylic acids is 1. The molecule has 0 radical (unpaired) electrons. The number of hydrogen-bond donors (Lipinski definition) is 1. The van der Waals surface area contributed by atoms with Crippen molar-refractivity contribution in [1.82, 2.24) is 10.2 Å². The molecule has 96 valence electrons. The topological polar surface area (TPSA) is 56.1 Å². The molecule has 1 N–H and O–H groups in total. The highest BCUT2D eigenvalue weighted by Gasteiger charge is 2.39. The minimum atomic E-state index is -0.337. The van der Waals surface area contributed by atoms with Crippen LogP contribution < -0.4 is 5.32 Å². The molecule has 0 aromatic carbocycles. The Labute approximate surface area is 104 Å². The standard InChI is InChI=1S/C13H23N3O/c1-5-10(2)16-12(17)11(6-8-14)15-9-7-13(16,3)4/h10-11,15H,5-7,9H2,1-4H3. The highest BCUT2D eigenvalue weighted by molar-refractivity contribution is 5.83. The van der Waals surface area contributed by atoms with Gasteiger partial charge in [0.15, 0.2) is 0 Å². The van der Waals surface area contributed by atoms with E-state index in [9.17, 15) is 4.79 Å². The first-order chi connectivity index (χ1) is 7.94. The molecule has 1 saturated heterocycles. The molecule has 1 fully saturated rings. The Morgan fingerprint density at radius 2 is 2.29 bits per heavy atom. The van der Waals surface area contributed by atoms with Crippen molar-refractivity contribution in [3.63, 3.8) is 0 Å². The van der Waals surface area contributed by atoms with Crippen LogP contribution in [0.5, 0.6) is 0 Å². The fourth-order valence-corrected chi connectivity index (χ4v) is 2.47. The first-order valence-electron chi connectivity index (χ1n) is 6.37. The average molecular weight is 237 g/mol. The van der Waals surface area contributed by atoms with Crippen molar-refractivity contribution in [2.24, 2.45) is 0 Å². The van der Waals surface area contributed by atoms with Gasteiger partial charge in [0.05, 0.1) is 18.5 Å². The molecular formula is C13H23N3O. The molecular weight excluding hydrogens is 214 g/mol. The van der Waals surface area contributed by atoms with Crippen LogP contribution in [0.4, 0.5) is 0 Å². The van der Waals surface area contributed by atoms with Gasteiger partial charge in [-0.1, -0.05) is 6.92 Å². The van der Waals surface area contributed by atoms with Crippen LogP contribution in [0.25, 0.3) is 0 Å². The SMILES string of the molecule is CCC(C)N1C(=O)C(CC#N)NCCC1(C)C. The third kappa shape index (κ3) is 2.98. The van der Waals surface area contributed by atoms with Gasteiger partial charge in [0.2, 0.25) is 5.91 Å². The van der Waals surface area contributed by atoms with Crippen LogP contribution in [0.3, 0.4) is 0 Å². The lowest BCUT2D eigenvalue weighted by Gasteiger charge is -2.42. The summed E-state index contributed by atoms with van der Waals surface area (Å²) in [4.78, 5) is 14.4. The van der Waals surface area contributed by atoms with Gasteiger partial charge in [-0.15, -0.1) is 0 Å². The van der Waals surface area contributed by atoms with Crippen LogP contribution in [0.1, 0.15) is 47.0 Å². The molecule has 4 heteroatoms. The van der Waals surface area contributed by atoms with Gasteiger partial charge in [-0.25, -0.2) is 0 Å². The molecule has 1 heterocycles. The third-order valence-electron chi connectivity index (χ3n) is 3.64. The predicted octanol–water partition coefficient (Wildman–Crippen LogP) is 1.67. The zero-order chi connectivity index (χ0) is 13.1. The highest BCUT2D eigenvalue weighted by atomic mass is 16.2.